The topological polar surface area (TPSA) is 30.3 Å². The Kier molecular flexibility index (Phi) is 4.00. The molecule has 1 aliphatic rings. The van der Waals surface area contributed by atoms with Crippen LogP contribution in [-0.2, 0) is 6.54 Å². The Morgan fingerprint density at radius 1 is 1.39 bits per heavy atom. The molecule has 1 aromatic rings. The maximum atomic E-state index is 8.88. The monoisotopic (exact) mass is 243 g/mol. The molecule has 1 aliphatic heterocycles. The Bertz CT molecular complexity index is 461. The van der Waals surface area contributed by atoms with E-state index in [4.69, 9.17) is 5.26 Å². The van der Waals surface area contributed by atoms with Crippen molar-refractivity contribution < 1.29 is 0 Å². The molecule has 1 atom stereocenters. The van der Waals surface area contributed by atoms with Crippen molar-refractivity contribution in [2.75, 3.05) is 26.7 Å². The summed E-state index contributed by atoms with van der Waals surface area (Å²) in [5.41, 5.74) is 3.31. The molecule has 0 saturated carbocycles. The van der Waals surface area contributed by atoms with Crippen LogP contribution in [0.3, 0.4) is 0 Å². The average molecular weight is 243 g/mol. The van der Waals surface area contributed by atoms with E-state index in [9.17, 15) is 0 Å². The van der Waals surface area contributed by atoms with Crippen LogP contribution >= 0.6 is 0 Å². The molecular weight excluding hydrogens is 222 g/mol. The van der Waals surface area contributed by atoms with Gasteiger partial charge in [0.05, 0.1) is 11.6 Å². The standard InChI is InChI=1S/C15H21N3/c1-12-8-14(9-16)4-5-15(12)11-18-7-6-17(3)10-13(18)2/h4-5,8,13H,6-7,10-11H2,1-3H3. The lowest BCUT2D eigenvalue weighted by molar-refractivity contribution is 0.0937. The summed E-state index contributed by atoms with van der Waals surface area (Å²) < 4.78 is 0. The number of hydrogen-bond donors (Lipinski definition) is 0. The van der Waals surface area contributed by atoms with Gasteiger partial charge in [0.1, 0.15) is 0 Å². The van der Waals surface area contributed by atoms with Crippen molar-refractivity contribution in [2.24, 2.45) is 0 Å². The third-order valence-electron chi connectivity index (χ3n) is 3.81. The summed E-state index contributed by atoms with van der Waals surface area (Å²) in [4.78, 5) is 4.90. The predicted octanol–water partition coefficient (Wildman–Crippen LogP) is 2.00. The zero-order chi connectivity index (χ0) is 13.1. The second-order valence-corrected chi connectivity index (χ2v) is 5.33. The summed E-state index contributed by atoms with van der Waals surface area (Å²) in [7, 11) is 2.18. The fourth-order valence-electron chi connectivity index (χ4n) is 2.57. The van der Waals surface area contributed by atoms with E-state index in [2.05, 4.69) is 42.8 Å². The Morgan fingerprint density at radius 2 is 2.17 bits per heavy atom. The van der Waals surface area contributed by atoms with Gasteiger partial charge in [0, 0.05) is 32.2 Å². The Morgan fingerprint density at radius 3 is 2.78 bits per heavy atom. The van der Waals surface area contributed by atoms with E-state index in [1.807, 2.05) is 12.1 Å². The third kappa shape index (κ3) is 2.90. The minimum absolute atomic E-state index is 0.596. The van der Waals surface area contributed by atoms with Gasteiger partial charge in [0.25, 0.3) is 0 Å². The van der Waals surface area contributed by atoms with Crippen molar-refractivity contribution in [3.8, 4) is 6.07 Å². The van der Waals surface area contributed by atoms with Gasteiger partial charge in [-0.05, 0) is 44.2 Å². The molecule has 96 valence electrons. The molecular formula is C15H21N3. The fourth-order valence-corrected chi connectivity index (χ4v) is 2.57. The molecule has 1 saturated heterocycles. The lowest BCUT2D eigenvalue weighted by atomic mass is 10.0. The smallest absolute Gasteiger partial charge is 0.0991 e. The van der Waals surface area contributed by atoms with Crippen molar-refractivity contribution in [2.45, 2.75) is 26.4 Å². The number of nitriles is 1. The van der Waals surface area contributed by atoms with Gasteiger partial charge >= 0.3 is 0 Å². The van der Waals surface area contributed by atoms with Gasteiger partial charge in [-0.3, -0.25) is 4.90 Å². The van der Waals surface area contributed by atoms with Crippen LogP contribution in [0, 0.1) is 18.3 Å². The summed E-state index contributed by atoms with van der Waals surface area (Å²) in [6.07, 6.45) is 0. The predicted molar refractivity (Wildman–Crippen MR) is 73.3 cm³/mol. The van der Waals surface area contributed by atoms with Gasteiger partial charge in [-0.2, -0.15) is 5.26 Å². The molecule has 3 heteroatoms. The highest BCUT2D eigenvalue weighted by atomic mass is 15.3. The summed E-state index contributed by atoms with van der Waals surface area (Å²) in [5.74, 6) is 0. The van der Waals surface area contributed by atoms with Gasteiger partial charge in [-0.15, -0.1) is 0 Å². The van der Waals surface area contributed by atoms with E-state index in [1.165, 1.54) is 11.1 Å². The molecule has 1 fully saturated rings. The van der Waals surface area contributed by atoms with E-state index in [-0.39, 0.29) is 0 Å². The second-order valence-electron chi connectivity index (χ2n) is 5.33. The van der Waals surface area contributed by atoms with Crippen LogP contribution in [0.4, 0.5) is 0 Å². The van der Waals surface area contributed by atoms with E-state index in [1.54, 1.807) is 0 Å². The molecule has 0 aliphatic carbocycles. The minimum Gasteiger partial charge on any atom is -0.304 e. The first-order valence-corrected chi connectivity index (χ1v) is 6.52. The van der Waals surface area contributed by atoms with Crippen LogP contribution in [0.1, 0.15) is 23.6 Å². The first-order chi connectivity index (χ1) is 8.60. The highest BCUT2D eigenvalue weighted by molar-refractivity contribution is 5.37. The summed E-state index contributed by atoms with van der Waals surface area (Å²) in [6, 6.07) is 8.79. The summed E-state index contributed by atoms with van der Waals surface area (Å²) in [6.45, 7) is 8.77. The number of aryl methyl sites for hydroxylation is 1. The van der Waals surface area contributed by atoms with Crippen molar-refractivity contribution in [3.05, 3.63) is 34.9 Å². The maximum Gasteiger partial charge on any atom is 0.0991 e. The number of benzene rings is 1. The van der Waals surface area contributed by atoms with E-state index in [0.29, 0.717) is 6.04 Å². The van der Waals surface area contributed by atoms with Crippen LogP contribution in [-0.4, -0.2) is 42.5 Å². The normalized spacial score (nSPS) is 21.8. The quantitative estimate of drug-likeness (QED) is 0.796. The van der Waals surface area contributed by atoms with Crippen LogP contribution < -0.4 is 0 Å². The number of piperazine rings is 1. The van der Waals surface area contributed by atoms with E-state index >= 15 is 0 Å². The first kappa shape index (κ1) is 13.1. The number of likely N-dealkylation sites (N-methyl/N-ethyl adjacent to an activating group) is 1. The molecule has 0 spiro atoms. The van der Waals surface area contributed by atoms with E-state index < -0.39 is 0 Å². The van der Waals surface area contributed by atoms with E-state index in [0.717, 1.165) is 31.7 Å². The van der Waals surface area contributed by atoms with Gasteiger partial charge in [0.15, 0.2) is 0 Å². The highest BCUT2D eigenvalue weighted by Crippen LogP contribution is 2.17. The second kappa shape index (κ2) is 5.51. The van der Waals surface area contributed by atoms with Crippen LogP contribution in [0.5, 0.6) is 0 Å². The van der Waals surface area contributed by atoms with Crippen LogP contribution in [0.2, 0.25) is 0 Å². The molecule has 18 heavy (non-hydrogen) atoms. The molecule has 1 unspecified atom stereocenters. The van der Waals surface area contributed by atoms with Crippen molar-refractivity contribution in [1.82, 2.24) is 9.80 Å². The van der Waals surface area contributed by atoms with Crippen LogP contribution in [0.25, 0.3) is 0 Å². The minimum atomic E-state index is 0.596. The van der Waals surface area contributed by atoms with Crippen molar-refractivity contribution >= 4 is 0 Å². The van der Waals surface area contributed by atoms with Gasteiger partial charge in [-0.25, -0.2) is 0 Å². The number of rotatable bonds is 2. The van der Waals surface area contributed by atoms with Gasteiger partial charge < -0.3 is 4.90 Å². The highest BCUT2D eigenvalue weighted by Gasteiger charge is 2.21. The lowest BCUT2D eigenvalue weighted by Gasteiger charge is -2.38. The molecule has 1 aromatic carbocycles. The average Bonchev–Trinajstić information content (AvgIpc) is 2.34. The zero-order valence-electron chi connectivity index (χ0n) is 11.5. The number of nitrogens with zero attached hydrogens (tertiary/aromatic N) is 3. The molecule has 0 radical (unpaired) electrons. The zero-order valence-corrected chi connectivity index (χ0v) is 11.5. The summed E-state index contributed by atoms with van der Waals surface area (Å²) in [5, 5.41) is 8.88. The van der Waals surface area contributed by atoms with Crippen molar-refractivity contribution in [3.63, 3.8) is 0 Å². The third-order valence-corrected chi connectivity index (χ3v) is 3.81. The molecule has 1 heterocycles. The Balaban J connectivity index is 2.08. The van der Waals surface area contributed by atoms with Crippen molar-refractivity contribution in [1.29, 1.82) is 5.26 Å². The molecule has 0 amide bonds. The summed E-state index contributed by atoms with van der Waals surface area (Å²) >= 11 is 0. The molecule has 0 N–H and O–H groups in total. The Hall–Kier alpha value is -1.37. The van der Waals surface area contributed by atoms with Gasteiger partial charge in [-0.1, -0.05) is 6.07 Å². The molecule has 0 bridgehead atoms. The fraction of sp³-hybridized carbons (Fsp3) is 0.533. The largest absolute Gasteiger partial charge is 0.304 e. The maximum absolute atomic E-state index is 8.88. The molecule has 3 nitrogen and oxygen atoms in total. The van der Waals surface area contributed by atoms with Crippen LogP contribution in [0.15, 0.2) is 18.2 Å². The first-order valence-electron chi connectivity index (χ1n) is 6.52. The molecule has 2 rings (SSSR count). The van der Waals surface area contributed by atoms with Gasteiger partial charge in [0.2, 0.25) is 0 Å². The lowest BCUT2D eigenvalue weighted by Crippen LogP contribution is -2.49. The Labute approximate surface area is 110 Å². The molecule has 0 aromatic heterocycles. The number of hydrogen-bond acceptors (Lipinski definition) is 3. The SMILES string of the molecule is Cc1cc(C#N)ccc1CN1CCN(C)CC1C.